The Balaban J connectivity index is 2.55. The van der Waals surface area contributed by atoms with Crippen LogP contribution in [0.4, 0.5) is 0 Å². The summed E-state index contributed by atoms with van der Waals surface area (Å²) in [6.45, 7) is 4.83. The Morgan fingerprint density at radius 1 is 1.38 bits per heavy atom. The van der Waals surface area contributed by atoms with E-state index in [0.717, 1.165) is 23.3 Å². The van der Waals surface area contributed by atoms with Gasteiger partial charge in [-0.15, -0.1) is 0 Å². The molecule has 16 heavy (non-hydrogen) atoms. The largest absolute Gasteiger partial charge is 0.326 e. The topological polar surface area (TPSA) is 43.1 Å². The molecule has 2 atom stereocenters. The number of benzene rings is 1. The van der Waals surface area contributed by atoms with Crippen LogP contribution < -0.4 is 5.73 Å². The molecule has 0 aliphatic heterocycles. The molecule has 0 aromatic heterocycles. The molecular weight excluding hydrogens is 218 g/mol. The van der Waals surface area contributed by atoms with E-state index in [0.29, 0.717) is 18.2 Å². The SMILES string of the molecule is CCC(C)CS(=O)Cc1cccc(CN)c1. The molecule has 0 saturated carbocycles. The van der Waals surface area contributed by atoms with Crippen molar-refractivity contribution in [3.63, 3.8) is 0 Å². The molecule has 2 nitrogen and oxygen atoms in total. The molecule has 1 aromatic carbocycles. The smallest absolute Gasteiger partial charge is 0.0485 e. The third-order valence-corrected chi connectivity index (χ3v) is 4.32. The molecule has 0 amide bonds. The average molecular weight is 239 g/mol. The van der Waals surface area contributed by atoms with Gasteiger partial charge in [0.25, 0.3) is 0 Å². The molecule has 0 saturated heterocycles. The van der Waals surface area contributed by atoms with Crippen molar-refractivity contribution in [3.8, 4) is 0 Å². The highest BCUT2D eigenvalue weighted by atomic mass is 32.2. The van der Waals surface area contributed by atoms with E-state index in [2.05, 4.69) is 19.9 Å². The Morgan fingerprint density at radius 2 is 2.06 bits per heavy atom. The van der Waals surface area contributed by atoms with Gasteiger partial charge in [0.2, 0.25) is 0 Å². The van der Waals surface area contributed by atoms with Crippen molar-refractivity contribution in [1.29, 1.82) is 0 Å². The molecule has 0 fully saturated rings. The van der Waals surface area contributed by atoms with Crippen molar-refractivity contribution in [2.24, 2.45) is 11.7 Å². The minimum atomic E-state index is -0.752. The van der Waals surface area contributed by atoms with Gasteiger partial charge in [0, 0.05) is 28.9 Å². The van der Waals surface area contributed by atoms with Gasteiger partial charge in [-0.05, 0) is 17.0 Å². The number of hydrogen-bond donors (Lipinski definition) is 1. The summed E-state index contributed by atoms with van der Waals surface area (Å²) in [6, 6.07) is 8.06. The lowest BCUT2D eigenvalue weighted by Gasteiger charge is -2.08. The average Bonchev–Trinajstić information content (AvgIpc) is 2.28. The van der Waals surface area contributed by atoms with E-state index in [1.807, 2.05) is 18.2 Å². The second-order valence-corrected chi connectivity index (χ2v) is 5.79. The second kappa shape index (κ2) is 6.81. The van der Waals surface area contributed by atoms with Crippen molar-refractivity contribution in [1.82, 2.24) is 0 Å². The van der Waals surface area contributed by atoms with Crippen molar-refractivity contribution < 1.29 is 4.21 Å². The Hall–Kier alpha value is -0.670. The highest BCUT2D eigenvalue weighted by Gasteiger charge is 2.07. The van der Waals surface area contributed by atoms with Crippen molar-refractivity contribution in [2.45, 2.75) is 32.6 Å². The van der Waals surface area contributed by atoms with Gasteiger partial charge < -0.3 is 5.73 Å². The maximum atomic E-state index is 11.9. The quantitative estimate of drug-likeness (QED) is 0.828. The van der Waals surface area contributed by atoms with E-state index in [9.17, 15) is 4.21 Å². The summed E-state index contributed by atoms with van der Waals surface area (Å²) in [5.41, 5.74) is 7.81. The molecule has 1 aromatic rings. The molecule has 3 heteroatoms. The normalized spacial score (nSPS) is 14.7. The van der Waals surface area contributed by atoms with E-state index in [1.165, 1.54) is 0 Å². The maximum absolute atomic E-state index is 11.9. The summed E-state index contributed by atoms with van der Waals surface area (Å²) in [5.74, 6) is 1.99. The Labute approximate surface area is 101 Å². The monoisotopic (exact) mass is 239 g/mol. The van der Waals surface area contributed by atoms with Crippen LogP contribution in [-0.2, 0) is 23.1 Å². The van der Waals surface area contributed by atoms with Crippen LogP contribution in [0.15, 0.2) is 24.3 Å². The van der Waals surface area contributed by atoms with Crippen LogP contribution in [0.25, 0.3) is 0 Å². The molecule has 0 bridgehead atoms. The van der Waals surface area contributed by atoms with Gasteiger partial charge in [0.1, 0.15) is 0 Å². The highest BCUT2D eigenvalue weighted by molar-refractivity contribution is 7.84. The van der Waals surface area contributed by atoms with Crippen LogP contribution in [0, 0.1) is 5.92 Å². The lowest BCUT2D eigenvalue weighted by atomic mass is 10.1. The zero-order valence-electron chi connectivity index (χ0n) is 10.1. The van der Waals surface area contributed by atoms with Gasteiger partial charge in [0.15, 0.2) is 0 Å². The fourth-order valence-electron chi connectivity index (χ4n) is 1.53. The van der Waals surface area contributed by atoms with Gasteiger partial charge in [-0.25, -0.2) is 0 Å². The third-order valence-electron chi connectivity index (χ3n) is 2.72. The van der Waals surface area contributed by atoms with Crippen molar-refractivity contribution in [2.75, 3.05) is 5.75 Å². The van der Waals surface area contributed by atoms with Crippen LogP contribution in [0.1, 0.15) is 31.4 Å². The minimum Gasteiger partial charge on any atom is -0.326 e. The third kappa shape index (κ3) is 4.45. The predicted octanol–water partition coefficient (Wildman–Crippen LogP) is 2.44. The Kier molecular flexibility index (Phi) is 5.71. The molecule has 0 spiro atoms. The van der Waals surface area contributed by atoms with E-state index in [1.54, 1.807) is 0 Å². The minimum absolute atomic E-state index is 0.540. The number of rotatable bonds is 6. The maximum Gasteiger partial charge on any atom is 0.0485 e. The zero-order chi connectivity index (χ0) is 12.0. The van der Waals surface area contributed by atoms with Crippen LogP contribution in [0.5, 0.6) is 0 Å². The summed E-state index contributed by atoms with van der Waals surface area (Å²) in [4.78, 5) is 0. The van der Waals surface area contributed by atoms with Gasteiger partial charge in [-0.1, -0.05) is 44.5 Å². The first-order valence-corrected chi connectivity index (χ1v) is 7.27. The molecule has 0 aliphatic rings. The predicted molar refractivity (Wildman–Crippen MR) is 70.5 cm³/mol. The summed E-state index contributed by atoms with van der Waals surface area (Å²) in [5, 5.41) is 0. The Bertz CT molecular complexity index is 352. The summed E-state index contributed by atoms with van der Waals surface area (Å²) >= 11 is 0. The second-order valence-electron chi connectivity index (χ2n) is 4.29. The molecule has 90 valence electrons. The van der Waals surface area contributed by atoms with Gasteiger partial charge in [0.05, 0.1) is 0 Å². The molecule has 1 rings (SSSR count). The van der Waals surface area contributed by atoms with Crippen LogP contribution >= 0.6 is 0 Å². The first-order chi connectivity index (χ1) is 7.65. The van der Waals surface area contributed by atoms with E-state index >= 15 is 0 Å². The molecular formula is C13H21NOS. The molecule has 2 unspecified atom stereocenters. The van der Waals surface area contributed by atoms with Gasteiger partial charge >= 0.3 is 0 Å². The summed E-state index contributed by atoms with van der Waals surface area (Å²) < 4.78 is 11.9. The molecule has 0 heterocycles. The molecule has 2 N–H and O–H groups in total. The molecule has 0 aliphatic carbocycles. The fourth-order valence-corrected chi connectivity index (χ4v) is 3.07. The van der Waals surface area contributed by atoms with Gasteiger partial charge in [-0.2, -0.15) is 0 Å². The van der Waals surface area contributed by atoms with E-state index in [-0.39, 0.29) is 0 Å². The van der Waals surface area contributed by atoms with Gasteiger partial charge in [-0.3, -0.25) is 4.21 Å². The fraction of sp³-hybridized carbons (Fsp3) is 0.538. The van der Waals surface area contributed by atoms with Crippen LogP contribution in [-0.4, -0.2) is 9.96 Å². The highest BCUT2D eigenvalue weighted by Crippen LogP contribution is 2.10. The lowest BCUT2D eigenvalue weighted by molar-refractivity contribution is 0.615. The number of nitrogens with two attached hydrogens (primary N) is 1. The number of hydrogen-bond acceptors (Lipinski definition) is 2. The summed E-state index contributed by atoms with van der Waals surface area (Å²) in [6.07, 6.45) is 1.09. The van der Waals surface area contributed by atoms with Crippen molar-refractivity contribution >= 4 is 10.8 Å². The van der Waals surface area contributed by atoms with Crippen LogP contribution in [0.2, 0.25) is 0 Å². The van der Waals surface area contributed by atoms with Crippen molar-refractivity contribution in [3.05, 3.63) is 35.4 Å². The standard InChI is InChI=1S/C13H21NOS/c1-3-11(2)9-16(15)10-13-6-4-5-12(7-13)8-14/h4-7,11H,3,8-10,14H2,1-2H3. The Morgan fingerprint density at radius 3 is 2.69 bits per heavy atom. The first kappa shape index (κ1) is 13.4. The van der Waals surface area contributed by atoms with E-state index in [4.69, 9.17) is 5.73 Å². The summed E-state index contributed by atoms with van der Waals surface area (Å²) in [7, 11) is -0.752. The van der Waals surface area contributed by atoms with E-state index < -0.39 is 10.8 Å². The zero-order valence-corrected chi connectivity index (χ0v) is 10.9. The first-order valence-electron chi connectivity index (χ1n) is 5.78. The molecule has 0 radical (unpaired) electrons. The lowest BCUT2D eigenvalue weighted by Crippen LogP contribution is -2.09. The van der Waals surface area contributed by atoms with Crippen LogP contribution in [0.3, 0.4) is 0 Å².